The molecular weight excluding hydrogens is 354 g/mol. The standard InChI is InChI=1S/C20H24ClNO4/c1-20(2,26-16-11-9-15(21)10-12-16)19(23)22(3)13-14-7-6-8-17(24-4)18(14)25-5/h6-12H,13H2,1-5H3. The van der Waals surface area contributed by atoms with Crippen molar-refractivity contribution in [2.75, 3.05) is 21.3 Å². The summed E-state index contributed by atoms with van der Waals surface area (Å²) in [7, 11) is 4.89. The highest BCUT2D eigenvalue weighted by Gasteiger charge is 2.33. The van der Waals surface area contributed by atoms with E-state index in [9.17, 15) is 4.79 Å². The van der Waals surface area contributed by atoms with E-state index in [4.69, 9.17) is 25.8 Å². The van der Waals surface area contributed by atoms with E-state index in [-0.39, 0.29) is 5.91 Å². The number of nitrogens with zero attached hydrogens (tertiary/aromatic N) is 1. The van der Waals surface area contributed by atoms with Gasteiger partial charge >= 0.3 is 0 Å². The Morgan fingerprint density at radius 1 is 1.08 bits per heavy atom. The molecule has 2 aromatic carbocycles. The van der Waals surface area contributed by atoms with E-state index in [0.29, 0.717) is 28.8 Å². The van der Waals surface area contributed by atoms with Crippen LogP contribution in [0.25, 0.3) is 0 Å². The van der Waals surface area contributed by atoms with Crippen molar-refractivity contribution in [2.45, 2.75) is 26.0 Å². The van der Waals surface area contributed by atoms with Crippen molar-refractivity contribution in [3.63, 3.8) is 0 Å². The smallest absolute Gasteiger partial charge is 0.266 e. The molecule has 0 N–H and O–H groups in total. The van der Waals surface area contributed by atoms with E-state index in [1.54, 1.807) is 64.3 Å². The van der Waals surface area contributed by atoms with Gasteiger partial charge in [-0.05, 0) is 44.2 Å². The molecule has 0 atom stereocenters. The number of methoxy groups -OCH3 is 2. The number of hydrogen-bond donors (Lipinski definition) is 0. The molecule has 0 unspecified atom stereocenters. The van der Waals surface area contributed by atoms with E-state index in [0.717, 1.165) is 5.56 Å². The zero-order valence-electron chi connectivity index (χ0n) is 15.7. The third-order valence-corrected chi connectivity index (χ3v) is 4.19. The predicted octanol–water partition coefficient (Wildman–Crippen LogP) is 4.17. The Hall–Kier alpha value is -2.40. The minimum atomic E-state index is -1.03. The maximum Gasteiger partial charge on any atom is 0.266 e. The Labute approximate surface area is 159 Å². The number of halogens is 1. The van der Waals surface area contributed by atoms with Gasteiger partial charge in [0, 0.05) is 24.2 Å². The quantitative estimate of drug-likeness (QED) is 0.726. The highest BCUT2D eigenvalue weighted by molar-refractivity contribution is 6.30. The van der Waals surface area contributed by atoms with Crippen LogP contribution < -0.4 is 14.2 Å². The number of carbonyl (C=O) groups is 1. The molecule has 0 aromatic heterocycles. The first-order valence-corrected chi connectivity index (χ1v) is 8.56. The topological polar surface area (TPSA) is 48.0 Å². The molecule has 0 aliphatic carbocycles. The number of ether oxygens (including phenoxy) is 3. The van der Waals surface area contributed by atoms with Gasteiger partial charge in [-0.2, -0.15) is 0 Å². The lowest BCUT2D eigenvalue weighted by atomic mass is 10.1. The minimum absolute atomic E-state index is 0.155. The maximum absolute atomic E-state index is 12.9. The molecule has 0 aliphatic rings. The number of likely N-dealkylation sites (N-methyl/N-ethyl adjacent to an activating group) is 1. The Bertz CT molecular complexity index is 759. The first-order valence-electron chi connectivity index (χ1n) is 8.18. The molecule has 5 nitrogen and oxygen atoms in total. The van der Waals surface area contributed by atoms with Crippen molar-refractivity contribution >= 4 is 17.5 Å². The monoisotopic (exact) mass is 377 g/mol. The van der Waals surface area contributed by atoms with Crippen LogP contribution >= 0.6 is 11.6 Å². The van der Waals surface area contributed by atoms with Crippen molar-refractivity contribution < 1.29 is 19.0 Å². The molecule has 1 amide bonds. The first-order chi connectivity index (χ1) is 12.3. The molecule has 0 saturated carbocycles. The highest BCUT2D eigenvalue weighted by atomic mass is 35.5. The average Bonchev–Trinajstić information content (AvgIpc) is 2.62. The van der Waals surface area contributed by atoms with Crippen molar-refractivity contribution in [2.24, 2.45) is 0 Å². The van der Waals surface area contributed by atoms with Crippen LogP contribution in [0.1, 0.15) is 19.4 Å². The van der Waals surface area contributed by atoms with Gasteiger partial charge in [-0.3, -0.25) is 4.79 Å². The first kappa shape index (κ1) is 19.9. The lowest BCUT2D eigenvalue weighted by molar-refractivity contribution is -0.144. The molecule has 0 aliphatic heterocycles. The Kier molecular flexibility index (Phi) is 6.37. The summed E-state index contributed by atoms with van der Waals surface area (Å²) < 4.78 is 16.6. The molecule has 0 fully saturated rings. The summed E-state index contributed by atoms with van der Waals surface area (Å²) >= 11 is 5.89. The van der Waals surface area contributed by atoms with Gasteiger partial charge in [0.2, 0.25) is 0 Å². The van der Waals surface area contributed by atoms with E-state index >= 15 is 0 Å². The third-order valence-electron chi connectivity index (χ3n) is 3.94. The second-order valence-corrected chi connectivity index (χ2v) is 6.82. The van der Waals surface area contributed by atoms with Gasteiger partial charge in [0.25, 0.3) is 5.91 Å². The normalized spacial score (nSPS) is 11.0. The summed E-state index contributed by atoms with van der Waals surface area (Å²) in [6.07, 6.45) is 0. The predicted molar refractivity (Wildman–Crippen MR) is 102 cm³/mol. The molecule has 0 saturated heterocycles. The SMILES string of the molecule is COc1cccc(CN(C)C(=O)C(C)(C)Oc2ccc(Cl)cc2)c1OC. The van der Waals surface area contributed by atoms with Crippen molar-refractivity contribution in [1.82, 2.24) is 4.90 Å². The number of rotatable bonds is 7. The summed E-state index contributed by atoms with van der Waals surface area (Å²) in [5, 5.41) is 0.615. The fraction of sp³-hybridized carbons (Fsp3) is 0.350. The van der Waals surface area contributed by atoms with E-state index in [1.165, 1.54) is 0 Å². The van der Waals surface area contributed by atoms with Crippen LogP contribution in [0.15, 0.2) is 42.5 Å². The average molecular weight is 378 g/mol. The number of carbonyl (C=O) groups excluding carboxylic acids is 1. The second-order valence-electron chi connectivity index (χ2n) is 6.38. The lowest BCUT2D eigenvalue weighted by Gasteiger charge is -2.30. The lowest BCUT2D eigenvalue weighted by Crippen LogP contribution is -2.47. The molecule has 2 aromatic rings. The summed E-state index contributed by atoms with van der Waals surface area (Å²) in [5.74, 6) is 1.67. The van der Waals surface area contributed by atoms with E-state index in [1.807, 2.05) is 18.2 Å². The maximum atomic E-state index is 12.9. The van der Waals surface area contributed by atoms with Crippen LogP contribution in [0.3, 0.4) is 0 Å². The van der Waals surface area contributed by atoms with Crippen molar-refractivity contribution in [3.05, 3.63) is 53.1 Å². The van der Waals surface area contributed by atoms with Crippen LogP contribution in [0, 0.1) is 0 Å². The molecule has 0 radical (unpaired) electrons. The molecule has 0 bridgehead atoms. The summed E-state index contributed by atoms with van der Waals surface area (Å²) in [4.78, 5) is 14.5. The summed E-state index contributed by atoms with van der Waals surface area (Å²) in [6.45, 7) is 3.85. The van der Waals surface area contributed by atoms with E-state index in [2.05, 4.69) is 0 Å². The van der Waals surface area contributed by atoms with Gasteiger partial charge in [-0.25, -0.2) is 0 Å². The van der Waals surface area contributed by atoms with Gasteiger partial charge in [-0.15, -0.1) is 0 Å². The van der Waals surface area contributed by atoms with Crippen LogP contribution in [0.4, 0.5) is 0 Å². The van der Waals surface area contributed by atoms with Gasteiger partial charge in [0.15, 0.2) is 17.1 Å². The van der Waals surface area contributed by atoms with Crippen LogP contribution in [0.2, 0.25) is 5.02 Å². The minimum Gasteiger partial charge on any atom is -0.493 e. The van der Waals surface area contributed by atoms with Crippen molar-refractivity contribution in [3.8, 4) is 17.2 Å². The Balaban J connectivity index is 2.14. The third kappa shape index (κ3) is 4.61. The molecule has 6 heteroatoms. The summed E-state index contributed by atoms with van der Waals surface area (Å²) in [5.41, 5.74) is -0.181. The van der Waals surface area contributed by atoms with Gasteiger partial charge in [0.05, 0.1) is 14.2 Å². The van der Waals surface area contributed by atoms with Crippen molar-refractivity contribution in [1.29, 1.82) is 0 Å². The number of amides is 1. The molecule has 0 heterocycles. The zero-order chi connectivity index (χ0) is 19.3. The van der Waals surface area contributed by atoms with Gasteiger partial charge in [-0.1, -0.05) is 23.7 Å². The highest BCUT2D eigenvalue weighted by Crippen LogP contribution is 2.32. The molecule has 0 spiro atoms. The number of benzene rings is 2. The van der Waals surface area contributed by atoms with Crippen LogP contribution in [-0.2, 0) is 11.3 Å². The number of hydrogen-bond acceptors (Lipinski definition) is 4. The van der Waals surface area contributed by atoms with Gasteiger partial charge < -0.3 is 19.1 Å². The van der Waals surface area contributed by atoms with E-state index < -0.39 is 5.60 Å². The fourth-order valence-corrected chi connectivity index (χ4v) is 2.83. The van der Waals surface area contributed by atoms with Gasteiger partial charge in [0.1, 0.15) is 5.75 Å². The molecular formula is C20H24ClNO4. The molecule has 26 heavy (non-hydrogen) atoms. The Morgan fingerprint density at radius 3 is 2.31 bits per heavy atom. The summed E-state index contributed by atoms with van der Waals surface area (Å²) in [6, 6.07) is 12.5. The molecule has 140 valence electrons. The zero-order valence-corrected chi connectivity index (χ0v) is 16.5. The number of para-hydroxylation sites is 1. The largest absolute Gasteiger partial charge is 0.493 e. The Morgan fingerprint density at radius 2 is 1.73 bits per heavy atom. The fourth-order valence-electron chi connectivity index (χ4n) is 2.71. The van der Waals surface area contributed by atoms with Crippen LogP contribution in [0.5, 0.6) is 17.2 Å². The second kappa shape index (κ2) is 8.32. The molecule has 2 rings (SSSR count). The van der Waals surface area contributed by atoms with Crippen LogP contribution in [-0.4, -0.2) is 37.7 Å².